The molecule has 2 heterocycles. The number of nitriles is 1. The van der Waals surface area contributed by atoms with Crippen LogP contribution < -0.4 is 5.32 Å². The third-order valence-corrected chi connectivity index (χ3v) is 7.14. The van der Waals surface area contributed by atoms with Gasteiger partial charge in [0.2, 0.25) is 0 Å². The molecule has 1 fully saturated rings. The van der Waals surface area contributed by atoms with Gasteiger partial charge >= 0.3 is 6.09 Å². The number of amides is 1. The van der Waals surface area contributed by atoms with E-state index in [4.69, 9.17) is 4.74 Å². The maximum absolute atomic E-state index is 12.6. The largest absolute Gasteiger partial charge is 0.444 e. The van der Waals surface area contributed by atoms with Gasteiger partial charge in [-0.25, -0.2) is 4.79 Å². The first-order chi connectivity index (χ1) is 18.8. The number of pyridine rings is 1. The molecule has 5 rings (SSSR count). The predicted octanol–water partition coefficient (Wildman–Crippen LogP) is 6.85. The highest BCUT2D eigenvalue weighted by Gasteiger charge is 2.29. The van der Waals surface area contributed by atoms with Crippen molar-refractivity contribution in [2.45, 2.75) is 51.3 Å². The van der Waals surface area contributed by atoms with Crippen molar-refractivity contribution in [1.82, 2.24) is 15.2 Å². The first-order valence-corrected chi connectivity index (χ1v) is 13.5. The molecule has 1 atom stereocenters. The molecule has 0 radical (unpaired) electrons. The van der Waals surface area contributed by atoms with Crippen molar-refractivity contribution < 1.29 is 9.53 Å². The van der Waals surface area contributed by atoms with Gasteiger partial charge in [-0.2, -0.15) is 5.26 Å². The summed E-state index contributed by atoms with van der Waals surface area (Å²) in [5.41, 5.74) is 4.23. The fourth-order valence-corrected chi connectivity index (χ4v) is 5.24. The number of carbonyl (C=O) groups excluding carboxylic acids is 1. The molecule has 1 saturated heterocycles. The molecule has 1 aliphatic rings. The molecule has 6 nitrogen and oxygen atoms in total. The molecule has 4 aromatic rings. The Kier molecular flexibility index (Phi) is 7.63. The zero-order chi connectivity index (χ0) is 27.4. The minimum Gasteiger partial charge on any atom is -0.444 e. The Labute approximate surface area is 230 Å². The van der Waals surface area contributed by atoms with Gasteiger partial charge in [0, 0.05) is 37.1 Å². The molecule has 6 heteroatoms. The standard InChI is InChI=1S/C33H34N4O2/c1-33(2,3)39-32(38)37-18-15-27(16-19-37)36-31(26-10-7-17-35-22-26)24-13-14-25(21-34)30(20-24)29-12-6-9-23-8-4-5-11-28(23)29/h4-14,17,20,22,27,31,36H,15-16,18-19H2,1-3H3. The summed E-state index contributed by atoms with van der Waals surface area (Å²) < 4.78 is 5.57. The van der Waals surface area contributed by atoms with Crippen LogP contribution in [0.3, 0.4) is 0 Å². The van der Waals surface area contributed by atoms with Gasteiger partial charge in [-0.15, -0.1) is 0 Å². The van der Waals surface area contributed by atoms with Gasteiger partial charge in [-0.1, -0.05) is 54.6 Å². The summed E-state index contributed by atoms with van der Waals surface area (Å²) in [7, 11) is 0. The van der Waals surface area contributed by atoms with E-state index in [0.29, 0.717) is 18.7 Å². The number of piperidine rings is 1. The van der Waals surface area contributed by atoms with Crippen LogP contribution >= 0.6 is 0 Å². The highest BCUT2D eigenvalue weighted by atomic mass is 16.6. The second kappa shape index (κ2) is 11.3. The molecule has 1 unspecified atom stereocenters. The smallest absolute Gasteiger partial charge is 0.410 e. The number of likely N-dealkylation sites (tertiary alicyclic amines) is 1. The van der Waals surface area contributed by atoms with Crippen molar-refractivity contribution in [2.75, 3.05) is 13.1 Å². The number of fused-ring (bicyclic) bond motifs is 1. The number of carbonyl (C=O) groups is 1. The lowest BCUT2D eigenvalue weighted by atomic mass is 9.90. The average Bonchev–Trinajstić information content (AvgIpc) is 2.95. The Morgan fingerprint density at radius 3 is 2.49 bits per heavy atom. The Hall–Kier alpha value is -4.21. The summed E-state index contributed by atoms with van der Waals surface area (Å²) in [5.74, 6) is 0. The minimum absolute atomic E-state index is 0.113. The number of benzene rings is 3. The number of nitrogens with zero attached hydrogens (tertiary/aromatic N) is 3. The van der Waals surface area contributed by atoms with Crippen molar-refractivity contribution in [2.24, 2.45) is 0 Å². The van der Waals surface area contributed by atoms with Crippen LogP contribution in [0.1, 0.15) is 56.3 Å². The van der Waals surface area contributed by atoms with E-state index in [2.05, 4.69) is 52.8 Å². The van der Waals surface area contributed by atoms with Crippen molar-refractivity contribution in [3.05, 3.63) is 102 Å². The molecule has 0 aliphatic carbocycles. The number of aromatic nitrogens is 1. The highest BCUT2D eigenvalue weighted by molar-refractivity contribution is 5.97. The summed E-state index contributed by atoms with van der Waals surface area (Å²) >= 11 is 0. The molecular weight excluding hydrogens is 484 g/mol. The topological polar surface area (TPSA) is 78.2 Å². The Bertz CT molecular complexity index is 1490. The quantitative estimate of drug-likeness (QED) is 0.313. The number of ether oxygens (including phenoxy) is 1. The van der Waals surface area contributed by atoms with Gasteiger partial charge in [-0.05, 0) is 79.3 Å². The molecule has 1 aliphatic heterocycles. The number of rotatable bonds is 5. The van der Waals surface area contributed by atoms with Crippen LogP contribution in [0.4, 0.5) is 4.79 Å². The van der Waals surface area contributed by atoms with Crippen molar-refractivity contribution in [3.8, 4) is 17.2 Å². The van der Waals surface area contributed by atoms with Crippen LogP contribution in [0.15, 0.2) is 85.2 Å². The van der Waals surface area contributed by atoms with Gasteiger partial charge in [0.05, 0.1) is 17.7 Å². The Balaban J connectivity index is 1.45. The van der Waals surface area contributed by atoms with Crippen LogP contribution in [-0.4, -0.2) is 40.7 Å². The second-order valence-corrected chi connectivity index (χ2v) is 11.1. The third kappa shape index (κ3) is 6.10. The van der Waals surface area contributed by atoms with Crippen LogP contribution in [-0.2, 0) is 4.74 Å². The average molecular weight is 519 g/mol. The fourth-order valence-electron chi connectivity index (χ4n) is 5.24. The van der Waals surface area contributed by atoms with Gasteiger partial charge < -0.3 is 15.0 Å². The van der Waals surface area contributed by atoms with Gasteiger partial charge in [0.1, 0.15) is 5.60 Å². The molecular formula is C33H34N4O2. The van der Waals surface area contributed by atoms with Crippen LogP contribution in [0.5, 0.6) is 0 Å². The summed E-state index contributed by atoms with van der Waals surface area (Å²) in [6.45, 7) is 6.95. The molecule has 1 N–H and O–H groups in total. The summed E-state index contributed by atoms with van der Waals surface area (Å²) in [5, 5.41) is 16.1. The van der Waals surface area contributed by atoms with Crippen molar-refractivity contribution in [1.29, 1.82) is 5.26 Å². The monoisotopic (exact) mass is 518 g/mol. The molecule has 3 aromatic carbocycles. The van der Waals surface area contributed by atoms with E-state index in [1.54, 1.807) is 11.1 Å². The Morgan fingerprint density at radius 2 is 1.77 bits per heavy atom. The van der Waals surface area contributed by atoms with E-state index in [-0.39, 0.29) is 18.2 Å². The lowest BCUT2D eigenvalue weighted by molar-refractivity contribution is 0.0196. The molecule has 1 amide bonds. The lowest BCUT2D eigenvalue weighted by Gasteiger charge is -2.35. The normalized spacial score (nSPS) is 15.1. The summed E-state index contributed by atoms with van der Waals surface area (Å²) in [6.07, 6.45) is 5.06. The first kappa shape index (κ1) is 26.4. The molecule has 39 heavy (non-hydrogen) atoms. The summed E-state index contributed by atoms with van der Waals surface area (Å²) in [6, 6.07) is 27.1. The first-order valence-electron chi connectivity index (χ1n) is 13.5. The van der Waals surface area contributed by atoms with E-state index in [1.165, 1.54) is 0 Å². The van der Waals surface area contributed by atoms with Crippen LogP contribution in [0, 0.1) is 11.3 Å². The molecule has 0 bridgehead atoms. The predicted molar refractivity (Wildman–Crippen MR) is 154 cm³/mol. The van der Waals surface area contributed by atoms with Gasteiger partial charge in [0.25, 0.3) is 0 Å². The van der Waals surface area contributed by atoms with Crippen LogP contribution in [0.2, 0.25) is 0 Å². The lowest BCUT2D eigenvalue weighted by Crippen LogP contribution is -2.47. The third-order valence-electron chi connectivity index (χ3n) is 7.14. The van der Waals surface area contributed by atoms with Gasteiger partial charge in [-0.3, -0.25) is 4.98 Å². The van der Waals surface area contributed by atoms with E-state index >= 15 is 0 Å². The van der Waals surface area contributed by atoms with E-state index < -0.39 is 5.60 Å². The number of hydrogen-bond donors (Lipinski definition) is 1. The van der Waals surface area contributed by atoms with E-state index in [1.807, 2.05) is 63.4 Å². The van der Waals surface area contributed by atoms with E-state index in [9.17, 15) is 10.1 Å². The fraction of sp³-hybridized carbons (Fsp3) is 0.303. The maximum Gasteiger partial charge on any atom is 0.410 e. The Morgan fingerprint density at radius 1 is 1.00 bits per heavy atom. The summed E-state index contributed by atoms with van der Waals surface area (Å²) in [4.78, 5) is 18.7. The SMILES string of the molecule is CC(C)(C)OC(=O)N1CCC(NC(c2cccnc2)c2ccc(C#N)c(-c3cccc4ccccc34)c2)CC1. The molecule has 198 valence electrons. The molecule has 0 saturated carbocycles. The van der Waals surface area contributed by atoms with Crippen molar-refractivity contribution in [3.63, 3.8) is 0 Å². The highest BCUT2D eigenvalue weighted by Crippen LogP contribution is 2.34. The zero-order valence-electron chi connectivity index (χ0n) is 22.7. The van der Waals surface area contributed by atoms with Crippen molar-refractivity contribution >= 4 is 16.9 Å². The van der Waals surface area contributed by atoms with Crippen LogP contribution in [0.25, 0.3) is 21.9 Å². The minimum atomic E-state index is -0.505. The number of nitrogens with one attached hydrogen (secondary N) is 1. The second-order valence-electron chi connectivity index (χ2n) is 11.1. The van der Waals surface area contributed by atoms with E-state index in [0.717, 1.165) is 45.9 Å². The molecule has 0 spiro atoms. The number of hydrogen-bond acceptors (Lipinski definition) is 5. The molecule has 1 aromatic heterocycles. The zero-order valence-corrected chi connectivity index (χ0v) is 22.7. The van der Waals surface area contributed by atoms with Gasteiger partial charge in [0.15, 0.2) is 0 Å². The maximum atomic E-state index is 12.6.